The molecule has 0 aromatic heterocycles. The molecule has 0 aliphatic rings. The van der Waals surface area contributed by atoms with E-state index >= 15 is 0 Å². The van der Waals surface area contributed by atoms with Crippen molar-refractivity contribution in [1.29, 1.82) is 0 Å². The lowest BCUT2D eigenvalue weighted by molar-refractivity contribution is 0.242. The molecule has 0 spiro atoms. The van der Waals surface area contributed by atoms with E-state index in [2.05, 4.69) is 29.4 Å². The number of halogens is 1. The molecule has 0 saturated heterocycles. The third-order valence-electron chi connectivity index (χ3n) is 2.49. The van der Waals surface area contributed by atoms with Gasteiger partial charge in [-0.25, -0.2) is 0 Å². The molecule has 0 unspecified atom stereocenters. The van der Waals surface area contributed by atoms with Crippen molar-refractivity contribution in [3.63, 3.8) is 0 Å². The fraction of sp³-hybridized carbons (Fsp3) is 0.571. The molecule has 0 fully saturated rings. The minimum atomic E-state index is 0. The lowest BCUT2D eigenvalue weighted by Gasteiger charge is -2.17. The van der Waals surface area contributed by atoms with Crippen LogP contribution in [0, 0.1) is 0 Å². The standard InChI is InChI=1S/C14H24N2O.ClH/c1-12(2)17-14-7-5-13(6-8-14)11-16(4)10-9-15-3;/h5-8,12,15H,9-11H2,1-4H3;1H. The molecular weight excluding hydrogens is 248 g/mol. The van der Waals surface area contributed by atoms with Gasteiger partial charge < -0.3 is 15.0 Å². The number of hydrogen-bond acceptors (Lipinski definition) is 3. The van der Waals surface area contributed by atoms with Crippen molar-refractivity contribution >= 4 is 12.4 Å². The first kappa shape index (κ1) is 17.2. The Morgan fingerprint density at radius 1 is 1.22 bits per heavy atom. The van der Waals surface area contributed by atoms with Gasteiger partial charge in [0.05, 0.1) is 6.10 Å². The second kappa shape index (κ2) is 9.20. The molecule has 3 nitrogen and oxygen atoms in total. The normalized spacial score (nSPS) is 10.6. The van der Waals surface area contributed by atoms with Crippen molar-refractivity contribution in [1.82, 2.24) is 10.2 Å². The van der Waals surface area contributed by atoms with Crippen LogP contribution >= 0.6 is 12.4 Å². The van der Waals surface area contributed by atoms with E-state index < -0.39 is 0 Å². The molecular formula is C14H25ClN2O. The third-order valence-corrected chi connectivity index (χ3v) is 2.49. The smallest absolute Gasteiger partial charge is 0.119 e. The zero-order valence-corrected chi connectivity index (χ0v) is 12.6. The van der Waals surface area contributed by atoms with Crippen LogP contribution in [0.1, 0.15) is 19.4 Å². The average molecular weight is 273 g/mol. The molecule has 0 aliphatic carbocycles. The predicted octanol–water partition coefficient (Wildman–Crippen LogP) is 2.55. The molecule has 0 bridgehead atoms. The van der Waals surface area contributed by atoms with Gasteiger partial charge in [0.1, 0.15) is 5.75 Å². The van der Waals surface area contributed by atoms with E-state index in [1.165, 1.54) is 5.56 Å². The van der Waals surface area contributed by atoms with Gasteiger partial charge >= 0.3 is 0 Å². The van der Waals surface area contributed by atoms with Crippen LogP contribution in [0.4, 0.5) is 0 Å². The summed E-state index contributed by atoms with van der Waals surface area (Å²) in [6.07, 6.45) is 0.235. The van der Waals surface area contributed by atoms with Crippen LogP contribution in [-0.2, 0) is 6.54 Å². The molecule has 0 aliphatic heterocycles. The van der Waals surface area contributed by atoms with Crippen LogP contribution in [0.25, 0.3) is 0 Å². The molecule has 0 radical (unpaired) electrons. The van der Waals surface area contributed by atoms with Gasteiger partial charge in [-0.1, -0.05) is 12.1 Å². The number of benzene rings is 1. The topological polar surface area (TPSA) is 24.5 Å². The predicted molar refractivity (Wildman–Crippen MR) is 79.7 cm³/mol. The second-order valence-corrected chi connectivity index (χ2v) is 4.65. The summed E-state index contributed by atoms with van der Waals surface area (Å²) in [6.45, 7) is 7.13. The molecule has 0 atom stereocenters. The van der Waals surface area contributed by atoms with Crippen molar-refractivity contribution in [3.8, 4) is 5.75 Å². The van der Waals surface area contributed by atoms with Crippen molar-refractivity contribution in [2.45, 2.75) is 26.5 Å². The molecule has 1 aromatic carbocycles. The maximum atomic E-state index is 5.62. The van der Waals surface area contributed by atoms with E-state index in [1.807, 2.05) is 33.0 Å². The van der Waals surface area contributed by atoms with E-state index in [9.17, 15) is 0 Å². The molecule has 1 aromatic rings. The van der Waals surface area contributed by atoms with Gasteiger partial charge in [0, 0.05) is 19.6 Å². The van der Waals surface area contributed by atoms with Crippen LogP contribution < -0.4 is 10.1 Å². The SMILES string of the molecule is CNCCN(C)Cc1ccc(OC(C)C)cc1.Cl. The third kappa shape index (κ3) is 6.84. The summed E-state index contributed by atoms with van der Waals surface area (Å²) in [5.74, 6) is 0.946. The zero-order valence-electron chi connectivity index (χ0n) is 11.8. The molecule has 0 heterocycles. The quantitative estimate of drug-likeness (QED) is 0.826. The van der Waals surface area contributed by atoms with Crippen LogP contribution in [0.3, 0.4) is 0 Å². The average Bonchev–Trinajstić information content (AvgIpc) is 2.28. The highest BCUT2D eigenvalue weighted by Crippen LogP contribution is 2.14. The Labute approximate surface area is 117 Å². The second-order valence-electron chi connectivity index (χ2n) is 4.65. The maximum absolute atomic E-state index is 5.62. The van der Waals surface area contributed by atoms with Crippen molar-refractivity contribution in [2.24, 2.45) is 0 Å². The first-order valence-corrected chi connectivity index (χ1v) is 6.20. The van der Waals surface area contributed by atoms with E-state index in [0.717, 1.165) is 25.4 Å². The molecule has 0 saturated carbocycles. The van der Waals surface area contributed by atoms with Crippen LogP contribution in [-0.4, -0.2) is 38.2 Å². The first-order chi connectivity index (χ1) is 8.11. The van der Waals surface area contributed by atoms with Gasteiger partial charge in [-0.15, -0.1) is 12.4 Å². The van der Waals surface area contributed by atoms with E-state index in [4.69, 9.17) is 4.74 Å². The summed E-state index contributed by atoms with van der Waals surface area (Å²) >= 11 is 0. The fourth-order valence-electron chi connectivity index (χ4n) is 1.64. The van der Waals surface area contributed by atoms with E-state index in [-0.39, 0.29) is 18.5 Å². The number of ether oxygens (including phenoxy) is 1. The van der Waals surface area contributed by atoms with Gasteiger partial charge in [0.25, 0.3) is 0 Å². The Bertz CT molecular complexity index is 314. The lowest BCUT2D eigenvalue weighted by Crippen LogP contribution is -2.26. The van der Waals surface area contributed by atoms with Crippen LogP contribution in [0.5, 0.6) is 5.75 Å². The monoisotopic (exact) mass is 272 g/mol. The zero-order chi connectivity index (χ0) is 12.7. The number of nitrogens with zero attached hydrogens (tertiary/aromatic N) is 1. The molecule has 0 amide bonds. The highest BCUT2D eigenvalue weighted by molar-refractivity contribution is 5.85. The molecule has 4 heteroatoms. The molecule has 18 heavy (non-hydrogen) atoms. The van der Waals surface area contributed by atoms with Gasteiger partial charge in [0.15, 0.2) is 0 Å². The van der Waals surface area contributed by atoms with Crippen LogP contribution in [0.2, 0.25) is 0 Å². The number of hydrogen-bond donors (Lipinski definition) is 1. The summed E-state index contributed by atoms with van der Waals surface area (Å²) in [7, 11) is 4.11. The Morgan fingerprint density at radius 3 is 2.33 bits per heavy atom. The van der Waals surface area contributed by atoms with E-state index in [0.29, 0.717) is 0 Å². The molecule has 1 rings (SSSR count). The lowest BCUT2D eigenvalue weighted by atomic mass is 10.2. The van der Waals surface area contributed by atoms with Gasteiger partial charge in [0.2, 0.25) is 0 Å². The molecule has 1 N–H and O–H groups in total. The van der Waals surface area contributed by atoms with Crippen LogP contribution in [0.15, 0.2) is 24.3 Å². The highest BCUT2D eigenvalue weighted by atomic mass is 35.5. The Hall–Kier alpha value is -0.770. The summed E-state index contributed by atoms with van der Waals surface area (Å²) < 4.78 is 5.62. The number of likely N-dealkylation sites (N-methyl/N-ethyl adjacent to an activating group) is 2. The van der Waals surface area contributed by atoms with Gasteiger partial charge in [-0.05, 0) is 45.6 Å². The Morgan fingerprint density at radius 2 is 1.83 bits per heavy atom. The molecule has 104 valence electrons. The minimum Gasteiger partial charge on any atom is -0.491 e. The van der Waals surface area contributed by atoms with Crippen molar-refractivity contribution in [2.75, 3.05) is 27.2 Å². The Kier molecular flexibility index (Phi) is 8.81. The number of rotatable bonds is 7. The summed E-state index contributed by atoms with van der Waals surface area (Å²) in [5.41, 5.74) is 1.32. The summed E-state index contributed by atoms with van der Waals surface area (Å²) in [4.78, 5) is 2.30. The maximum Gasteiger partial charge on any atom is 0.119 e. The van der Waals surface area contributed by atoms with E-state index in [1.54, 1.807) is 0 Å². The summed E-state index contributed by atoms with van der Waals surface area (Å²) in [6, 6.07) is 8.35. The van der Waals surface area contributed by atoms with Gasteiger partial charge in [-0.2, -0.15) is 0 Å². The van der Waals surface area contributed by atoms with Crippen molar-refractivity contribution < 1.29 is 4.74 Å². The largest absolute Gasteiger partial charge is 0.491 e. The van der Waals surface area contributed by atoms with Crippen molar-refractivity contribution in [3.05, 3.63) is 29.8 Å². The summed E-state index contributed by atoms with van der Waals surface area (Å²) in [5, 5.41) is 3.15. The van der Waals surface area contributed by atoms with Gasteiger partial charge in [-0.3, -0.25) is 0 Å². The minimum absolute atomic E-state index is 0. The first-order valence-electron chi connectivity index (χ1n) is 6.20. The highest BCUT2D eigenvalue weighted by Gasteiger charge is 2.01. The fourth-order valence-corrected chi connectivity index (χ4v) is 1.64. The Balaban J connectivity index is 0.00000289. The number of nitrogens with one attached hydrogen (secondary N) is 1.